The first-order valence-electron chi connectivity index (χ1n) is 5.50. The highest BCUT2D eigenvalue weighted by Gasteiger charge is 2.25. The summed E-state index contributed by atoms with van der Waals surface area (Å²) in [5, 5.41) is 13.6. The lowest BCUT2D eigenvalue weighted by atomic mass is 10.4. The van der Waals surface area contributed by atoms with Crippen LogP contribution in [0.4, 0.5) is 5.82 Å². The van der Waals surface area contributed by atoms with Gasteiger partial charge in [0.2, 0.25) is 0 Å². The molecular weight excluding hydrogens is 268 g/mol. The molecule has 7 nitrogen and oxygen atoms in total. The zero-order valence-corrected chi connectivity index (χ0v) is 11.6. The molecule has 2 heterocycles. The number of pyridine rings is 1. The predicted molar refractivity (Wildman–Crippen MR) is 69.4 cm³/mol. The SMILES string of the molecule is Cc1nn(C)c(C)c1S(=O)(=O)Nc1ncccc1O. The van der Waals surface area contributed by atoms with E-state index in [0.717, 1.165) is 0 Å². The van der Waals surface area contributed by atoms with E-state index in [1.807, 2.05) is 0 Å². The van der Waals surface area contributed by atoms with E-state index in [4.69, 9.17) is 0 Å². The standard InChI is InChI=1S/C11H14N4O3S/c1-7-10(8(2)15(3)13-7)19(17,18)14-11-9(16)5-4-6-12-11/h4-6,16H,1-3H3,(H,12,14). The van der Waals surface area contributed by atoms with E-state index < -0.39 is 10.0 Å². The summed E-state index contributed by atoms with van der Waals surface area (Å²) in [6, 6.07) is 2.86. The molecule has 2 aromatic rings. The summed E-state index contributed by atoms with van der Waals surface area (Å²) in [5.74, 6) is -0.338. The summed E-state index contributed by atoms with van der Waals surface area (Å²) in [4.78, 5) is 3.88. The van der Waals surface area contributed by atoms with Crippen LogP contribution in [-0.4, -0.2) is 28.3 Å². The van der Waals surface area contributed by atoms with Gasteiger partial charge >= 0.3 is 0 Å². The van der Waals surface area contributed by atoms with Crippen LogP contribution in [0.15, 0.2) is 23.2 Å². The number of aromatic hydroxyl groups is 1. The average molecular weight is 282 g/mol. The average Bonchev–Trinajstić information content (AvgIpc) is 2.56. The van der Waals surface area contributed by atoms with Crippen molar-refractivity contribution in [3.05, 3.63) is 29.7 Å². The fraction of sp³-hybridized carbons (Fsp3) is 0.273. The third kappa shape index (κ3) is 2.39. The van der Waals surface area contributed by atoms with Gasteiger partial charge in [0.05, 0.1) is 11.4 Å². The van der Waals surface area contributed by atoms with Crippen molar-refractivity contribution in [2.45, 2.75) is 18.7 Å². The van der Waals surface area contributed by atoms with Crippen LogP contribution in [0.25, 0.3) is 0 Å². The van der Waals surface area contributed by atoms with Crippen molar-refractivity contribution in [2.24, 2.45) is 7.05 Å². The highest BCUT2D eigenvalue weighted by Crippen LogP contribution is 2.25. The Morgan fingerprint density at radius 3 is 2.58 bits per heavy atom. The maximum absolute atomic E-state index is 12.3. The monoisotopic (exact) mass is 282 g/mol. The first kappa shape index (κ1) is 13.3. The molecule has 2 aromatic heterocycles. The van der Waals surface area contributed by atoms with Gasteiger partial charge in [-0.05, 0) is 26.0 Å². The fourth-order valence-corrected chi connectivity index (χ4v) is 3.26. The molecule has 0 aliphatic carbocycles. The van der Waals surface area contributed by atoms with Crippen LogP contribution >= 0.6 is 0 Å². The Morgan fingerprint density at radius 2 is 2.05 bits per heavy atom. The van der Waals surface area contributed by atoms with Gasteiger partial charge in [-0.2, -0.15) is 5.10 Å². The van der Waals surface area contributed by atoms with Crippen LogP contribution in [-0.2, 0) is 17.1 Å². The minimum atomic E-state index is -3.83. The first-order valence-corrected chi connectivity index (χ1v) is 6.98. The van der Waals surface area contributed by atoms with Gasteiger partial charge in [0.15, 0.2) is 11.6 Å². The molecule has 0 aliphatic heterocycles. The minimum absolute atomic E-state index is 0.0973. The van der Waals surface area contributed by atoms with Gasteiger partial charge in [-0.15, -0.1) is 0 Å². The number of hydrogen-bond acceptors (Lipinski definition) is 5. The Balaban J connectivity index is 2.47. The van der Waals surface area contributed by atoms with E-state index in [-0.39, 0.29) is 16.5 Å². The molecule has 0 saturated carbocycles. The van der Waals surface area contributed by atoms with Crippen molar-refractivity contribution in [3.63, 3.8) is 0 Å². The molecule has 0 unspecified atom stereocenters. The van der Waals surface area contributed by atoms with E-state index in [9.17, 15) is 13.5 Å². The molecule has 0 aromatic carbocycles. The van der Waals surface area contributed by atoms with Crippen LogP contribution in [0.5, 0.6) is 5.75 Å². The maximum Gasteiger partial charge on any atom is 0.266 e. The summed E-state index contributed by atoms with van der Waals surface area (Å²) >= 11 is 0. The number of aryl methyl sites for hydroxylation is 2. The lowest BCUT2D eigenvalue weighted by Crippen LogP contribution is -2.15. The van der Waals surface area contributed by atoms with Crippen molar-refractivity contribution in [3.8, 4) is 5.75 Å². The molecule has 0 amide bonds. The second kappa shape index (κ2) is 4.54. The molecule has 0 saturated heterocycles. The van der Waals surface area contributed by atoms with Gasteiger partial charge in [0.25, 0.3) is 10.0 Å². The Morgan fingerprint density at radius 1 is 1.37 bits per heavy atom. The van der Waals surface area contributed by atoms with E-state index >= 15 is 0 Å². The maximum atomic E-state index is 12.3. The lowest BCUT2D eigenvalue weighted by molar-refractivity contribution is 0.475. The van der Waals surface area contributed by atoms with Crippen molar-refractivity contribution in [1.82, 2.24) is 14.8 Å². The number of aromatic nitrogens is 3. The summed E-state index contributed by atoms with van der Waals surface area (Å²) in [6.07, 6.45) is 1.39. The molecule has 0 aliphatic rings. The highest BCUT2D eigenvalue weighted by atomic mass is 32.2. The van der Waals surface area contributed by atoms with Crippen LogP contribution in [0.2, 0.25) is 0 Å². The van der Waals surface area contributed by atoms with Gasteiger partial charge in [-0.25, -0.2) is 13.4 Å². The number of rotatable bonds is 3. The molecule has 102 valence electrons. The largest absolute Gasteiger partial charge is 0.504 e. The molecule has 8 heteroatoms. The van der Waals surface area contributed by atoms with Crippen LogP contribution in [0, 0.1) is 13.8 Å². The molecule has 2 rings (SSSR count). The van der Waals surface area contributed by atoms with Gasteiger partial charge in [0, 0.05) is 13.2 Å². The zero-order chi connectivity index (χ0) is 14.2. The zero-order valence-electron chi connectivity index (χ0n) is 10.7. The van der Waals surface area contributed by atoms with Gasteiger partial charge in [-0.3, -0.25) is 9.40 Å². The van der Waals surface area contributed by atoms with Crippen molar-refractivity contribution in [2.75, 3.05) is 4.72 Å². The molecule has 2 N–H and O–H groups in total. The van der Waals surface area contributed by atoms with E-state index in [1.54, 1.807) is 20.9 Å². The third-order valence-corrected chi connectivity index (χ3v) is 4.32. The molecule has 0 radical (unpaired) electrons. The summed E-state index contributed by atoms with van der Waals surface area (Å²) in [6.45, 7) is 3.27. The first-order chi connectivity index (χ1) is 8.83. The molecular formula is C11H14N4O3S. The predicted octanol–water partition coefficient (Wildman–Crippen LogP) is 0.938. The second-order valence-corrected chi connectivity index (χ2v) is 5.72. The van der Waals surface area contributed by atoms with E-state index in [2.05, 4.69) is 14.8 Å². The van der Waals surface area contributed by atoms with Crippen molar-refractivity contribution >= 4 is 15.8 Å². The van der Waals surface area contributed by atoms with Crippen molar-refractivity contribution in [1.29, 1.82) is 0 Å². The lowest BCUT2D eigenvalue weighted by Gasteiger charge is -2.08. The molecule has 0 spiro atoms. The number of sulfonamides is 1. The number of hydrogen-bond donors (Lipinski definition) is 2. The molecule has 0 bridgehead atoms. The number of nitrogens with one attached hydrogen (secondary N) is 1. The summed E-state index contributed by atoms with van der Waals surface area (Å²) in [7, 11) is -2.17. The van der Waals surface area contributed by atoms with Crippen molar-refractivity contribution < 1.29 is 13.5 Å². The van der Waals surface area contributed by atoms with Gasteiger partial charge < -0.3 is 5.11 Å². The van der Waals surface area contributed by atoms with E-state index in [1.165, 1.54) is 23.0 Å². The smallest absolute Gasteiger partial charge is 0.266 e. The molecule has 0 fully saturated rings. The van der Waals surface area contributed by atoms with E-state index in [0.29, 0.717) is 11.4 Å². The fourth-order valence-electron chi connectivity index (χ4n) is 1.80. The Bertz CT molecular complexity index is 722. The quantitative estimate of drug-likeness (QED) is 0.873. The Kier molecular flexibility index (Phi) is 3.19. The highest BCUT2D eigenvalue weighted by molar-refractivity contribution is 7.92. The number of nitrogens with zero attached hydrogens (tertiary/aromatic N) is 3. The van der Waals surface area contributed by atoms with Crippen LogP contribution in [0.3, 0.4) is 0 Å². The summed E-state index contributed by atoms with van der Waals surface area (Å²) < 4.78 is 28.3. The summed E-state index contributed by atoms with van der Waals surface area (Å²) in [5.41, 5.74) is 0.906. The normalized spacial score (nSPS) is 11.5. The topological polar surface area (TPSA) is 97.1 Å². The van der Waals surface area contributed by atoms with Gasteiger partial charge in [-0.1, -0.05) is 0 Å². The Labute approximate surface area is 111 Å². The van der Waals surface area contributed by atoms with Crippen LogP contribution in [0.1, 0.15) is 11.4 Å². The molecule has 19 heavy (non-hydrogen) atoms. The number of anilines is 1. The molecule has 0 atom stereocenters. The minimum Gasteiger partial charge on any atom is -0.504 e. The Hall–Kier alpha value is -2.09. The van der Waals surface area contributed by atoms with Crippen LogP contribution < -0.4 is 4.72 Å². The second-order valence-electron chi connectivity index (χ2n) is 4.10. The van der Waals surface area contributed by atoms with Gasteiger partial charge in [0.1, 0.15) is 4.90 Å². The third-order valence-electron chi connectivity index (χ3n) is 2.73.